The number of carbonyl (C=O) groups is 1. The van der Waals surface area contributed by atoms with Gasteiger partial charge in [-0.1, -0.05) is 19.1 Å². The molecule has 0 heterocycles. The second-order valence-corrected chi connectivity index (χ2v) is 4.19. The monoisotopic (exact) mass is 235 g/mol. The van der Waals surface area contributed by atoms with Crippen LogP contribution in [0.5, 0.6) is 0 Å². The third-order valence-corrected chi connectivity index (χ3v) is 2.89. The van der Waals surface area contributed by atoms with Gasteiger partial charge in [0.1, 0.15) is 0 Å². The van der Waals surface area contributed by atoms with Crippen molar-refractivity contribution in [3.8, 4) is 0 Å². The summed E-state index contributed by atoms with van der Waals surface area (Å²) in [5.41, 5.74) is 7.93. The van der Waals surface area contributed by atoms with Crippen molar-refractivity contribution in [3.63, 3.8) is 0 Å². The number of para-hydroxylation sites is 1. The Hall–Kier alpha value is -1.55. The number of benzene rings is 1. The van der Waals surface area contributed by atoms with Crippen molar-refractivity contribution in [1.29, 1.82) is 0 Å². The van der Waals surface area contributed by atoms with Gasteiger partial charge in [-0.25, -0.2) is 0 Å². The van der Waals surface area contributed by atoms with Crippen LogP contribution in [-0.2, 0) is 0 Å². The lowest BCUT2D eigenvalue weighted by Crippen LogP contribution is -2.33. The van der Waals surface area contributed by atoms with Gasteiger partial charge in [0.05, 0.1) is 5.56 Å². The fraction of sp³-hybridized carbons (Fsp3) is 0.462. The number of nitrogens with zero attached hydrogens (tertiary/aromatic N) is 1. The second kappa shape index (κ2) is 6.25. The van der Waals surface area contributed by atoms with Gasteiger partial charge in [0.25, 0.3) is 5.91 Å². The van der Waals surface area contributed by atoms with Gasteiger partial charge in [-0.3, -0.25) is 4.79 Å². The normalized spacial score (nSPS) is 10.6. The maximum atomic E-state index is 11.9. The van der Waals surface area contributed by atoms with Crippen molar-refractivity contribution < 1.29 is 4.79 Å². The Morgan fingerprint density at radius 2 is 2.18 bits per heavy atom. The zero-order valence-corrected chi connectivity index (χ0v) is 10.8. The summed E-state index contributed by atoms with van der Waals surface area (Å²) < 4.78 is 0. The van der Waals surface area contributed by atoms with Crippen LogP contribution in [0.3, 0.4) is 0 Å². The number of nitrogens with one attached hydrogen (secondary N) is 1. The Balaban J connectivity index is 2.56. The van der Waals surface area contributed by atoms with Gasteiger partial charge in [-0.05, 0) is 32.1 Å². The highest BCUT2D eigenvalue weighted by molar-refractivity contribution is 5.99. The van der Waals surface area contributed by atoms with Gasteiger partial charge >= 0.3 is 0 Å². The maximum Gasteiger partial charge on any atom is 0.253 e. The zero-order chi connectivity index (χ0) is 12.8. The summed E-state index contributed by atoms with van der Waals surface area (Å²) in [5, 5.41) is 2.87. The van der Waals surface area contributed by atoms with Crippen molar-refractivity contribution in [3.05, 3.63) is 29.3 Å². The third-order valence-electron chi connectivity index (χ3n) is 2.89. The summed E-state index contributed by atoms with van der Waals surface area (Å²) in [5.74, 6) is -0.101. The second-order valence-electron chi connectivity index (χ2n) is 4.19. The van der Waals surface area contributed by atoms with Crippen LogP contribution in [0.4, 0.5) is 5.69 Å². The molecule has 0 unspecified atom stereocenters. The molecule has 0 aromatic heterocycles. The van der Waals surface area contributed by atoms with E-state index in [0.717, 1.165) is 18.7 Å². The summed E-state index contributed by atoms with van der Waals surface area (Å²) in [6.45, 7) is 6.43. The molecule has 4 nitrogen and oxygen atoms in total. The number of amides is 1. The van der Waals surface area contributed by atoms with Gasteiger partial charge < -0.3 is 16.0 Å². The summed E-state index contributed by atoms with van der Waals surface area (Å²) in [6, 6.07) is 5.50. The molecule has 4 heteroatoms. The number of hydrogen-bond donors (Lipinski definition) is 2. The molecule has 0 radical (unpaired) electrons. The fourth-order valence-electron chi connectivity index (χ4n) is 1.49. The summed E-state index contributed by atoms with van der Waals surface area (Å²) >= 11 is 0. The molecule has 1 aromatic carbocycles. The number of carbonyl (C=O) groups excluding carboxylic acids is 1. The van der Waals surface area contributed by atoms with Crippen molar-refractivity contribution in [2.45, 2.75) is 13.8 Å². The van der Waals surface area contributed by atoms with Crippen LogP contribution >= 0.6 is 0 Å². The van der Waals surface area contributed by atoms with E-state index in [4.69, 9.17) is 5.73 Å². The van der Waals surface area contributed by atoms with Gasteiger partial charge in [0.2, 0.25) is 0 Å². The quantitative estimate of drug-likeness (QED) is 0.755. The minimum atomic E-state index is -0.101. The molecule has 0 aliphatic heterocycles. The lowest BCUT2D eigenvalue weighted by Gasteiger charge is -2.14. The first kappa shape index (κ1) is 13.5. The molecule has 0 saturated heterocycles. The molecule has 0 aliphatic rings. The molecule has 0 fully saturated rings. The molecule has 17 heavy (non-hydrogen) atoms. The minimum Gasteiger partial charge on any atom is -0.398 e. The molecule has 0 aliphatic carbocycles. The Bertz CT molecular complexity index is 390. The first-order valence-electron chi connectivity index (χ1n) is 5.88. The van der Waals surface area contributed by atoms with Crippen molar-refractivity contribution in [2.24, 2.45) is 0 Å². The van der Waals surface area contributed by atoms with Gasteiger partial charge in [-0.15, -0.1) is 0 Å². The lowest BCUT2D eigenvalue weighted by molar-refractivity contribution is 0.0951. The van der Waals surface area contributed by atoms with E-state index in [9.17, 15) is 4.79 Å². The predicted molar refractivity (Wildman–Crippen MR) is 71.1 cm³/mol. The number of rotatable bonds is 5. The fourth-order valence-corrected chi connectivity index (χ4v) is 1.49. The molecule has 0 atom stereocenters. The van der Waals surface area contributed by atoms with Crippen molar-refractivity contribution >= 4 is 11.6 Å². The number of nitrogen functional groups attached to an aromatic ring is 1. The number of aryl methyl sites for hydroxylation is 1. The Kier molecular flexibility index (Phi) is 4.97. The summed E-state index contributed by atoms with van der Waals surface area (Å²) in [7, 11) is 2.02. The molecule has 3 N–H and O–H groups in total. The van der Waals surface area contributed by atoms with Crippen molar-refractivity contribution in [1.82, 2.24) is 10.2 Å². The number of anilines is 1. The van der Waals surface area contributed by atoms with Crippen LogP contribution in [0, 0.1) is 6.92 Å². The molecule has 0 saturated carbocycles. The molecular weight excluding hydrogens is 214 g/mol. The lowest BCUT2D eigenvalue weighted by atomic mass is 10.1. The third kappa shape index (κ3) is 3.75. The molecule has 0 spiro atoms. The average Bonchev–Trinajstić information content (AvgIpc) is 2.32. The number of likely N-dealkylation sites (N-methyl/N-ethyl adjacent to an activating group) is 1. The standard InChI is InChI=1S/C13H21N3O/c1-4-16(3)9-8-15-13(17)11-7-5-6-10(2)12(11)14/h5-7H,4,8-9,14H2,1-3H3,(H,15,17). The highest BCUT2D eigenvalue weighted by Crippen LogP contribution is 2.15. The average molecular weight is 235 g/mol. The van der Waals surface area contributed by atoms with Crippen LogP contribution in [0.2, 0.25) is 0 Å². The Labute approximate surface area is 103 Å². The highest BCUT2D eigenvalue weighted by Gasteiger charge is 2.10. The molecule has 0 bridgehead atoms. The zero-order valence-electron chi connectivity index (χ0n) is 10.8. The van der Waals surface area contributed by atoms with E-state index >= 15 is 0 Å². The van der Waals surface area contributed by atoms with E-state index in [2.05, 4.69) is 17.1 Å². The van der Waals surface area contributed by atoms with E-state index in [-0.39, 0.29) is 5.91 Å². The topological polar surface area (TPSA) is 58.4 Å². The molecule has 1 rings (SSSR count). The van der Waals surface area contributed by atoms with E-state index < -0.39 is 0 Å². The predicted octanol–water partition coefficient (Wildman–Crippen LogP) is 1.26. The van der Waals surface area contributed by atoms with E-state index in [1.165, 1.54) is 0 Å². The van der Waals surface area contributed by atoms with Gasteiger partial charge in [0, 0.05) is 18.8 Å². The van der Waals surface area contributed by atoms with Crippen LogP contribution in [0.1, 0.15) is 22.8 Å². The number of hydrogen-bond acceptors (Lipinski definition) is 3. The van der Waals surface area contributed by atoms with Gasteiger partial charge in [0.15, 0.2) is 0 Å². The molecule has 1 amide bonds. The van der Waals surface area contributed by atoms with Crippen LogP contribution in [0.15, 0.2) is 18.2 Å². The number of nitrogens with two attached hydrogens (primary N) is 1. The molecule has 1 aromatic rings. The van der Waals surface area contributed by atoms with Gasteiger partial charge in [-0.2, -0.15) is 0 Å². The largest absolute Gasteiger partial charge is 0.398 e. The van der Waals surface area contributed by atoms with Crippen LogP contribution in [-0.4, -0.2) is 37.5 Å². The molecular formula is C13H21N3O. The van der Waals surface area contributed by atoms with Crippen LogP contribution in [0.25, 0.3) is 0 Å². The van der Waals surface area contributed by atoms with E-state index in [0.29, 0.717) is 17.8 Å². The summed E-state index contributed by atoms with van der Waals surface area (Å²) in [6.07, 6.45) is 0. The van der Waals surface area contributed by atoms with E-state index in [1.807, 2.05) is 26.1 Å². The van der Waals surface area contributed by atoms with Crippen LogP contribution < -0.4 is 11.1 Å². The molecule has 94 valence electrons. The highest BCUT2D eigenvalue weighted by atomic mass is 16.1. The smallest absolute Gasteiger partial charge is 0.253 e. The Morgan fingerprint density at radius 3 is 2.82 bits per heavy atom. The first-order chi connectivity index (χ1) is 8.06. The Morgan fingerprint density at radius 1 is 1.47 bits per heavy atom. The maximum absolute atomic E-state index is 11.9. The minimum absolute atomic E-state index is 0.101. The van der Waals surface area contributed by atoms with E-state index in [1.54, 1.807) is 6.07 Å². The SMILES string of the molecule is CCN(C)CCNC(=O)c1cccc(C)c1N. The summed E-state index contributed by atoms with van der Waals surface area (Å²) in [4.78, 5) is 14.0. The first-order valence-corrected chi connectivity index (χ1v) is 5.88. The van der Waals surface area contributed by atoms with Crippen molar-refractivity contribution in [2.75, 3.05) is 32.4 Å².